The van der Waals surface area contributed by atoms with Crippen molar-refractivity contribution < 1.29 is 14.0 Å². The molecule has 3 heterocycles. The lowest BCUT2D eigenvalue weighted by Crippen LogP contribution is -2.43. The second-order valence-corrected chi connectivity index (χ2v) is 8.84. The molecule has 2 aliphatic rings. The molecule has 0 bridgehead atoms. The van der Waals surface area contributed by atoms with Gasteiger partial charge in [0.2, 0.25) is 5.91 Å². The number of aromatic amines is 1. The SMILES string of the molecule is O=C(N[C@H]1CC[C@@]2(CCN(c3ccc(F)cc3Cl)C2=O)CC1)c1c[nH]c2cccnc12. The summed E-state index contributed by atoms with van der Waals surface area (Å²) in [6.45, 7) is 0.572. The Labute approximate surface area is 183 Å². The molecule has 5 rings (SSSR count). The average Bonchev–Trinajstić information content (AvgIpc) is 3.33. The number of halogens is 2. The van der Waals surface area contributed by atoms with Gasteiger partial charge in [-0.3, -0.25) is 14.6 Å². The fraction of sp³-hybridized carbons (Fsp3) is 0.348. The van der Waals surface area contributed by atoms with E-state index in [1.54, 1.807) is 23.4 Å². The number of carbonyl (C=O) groups is 2. The number of aromatic nitrogens is 2. The second-order valence-electron chi connectivity index (χ2n) is 8.43. The van der Waals surface area contributed by atoms with E-state index in [0.29, 0.717) is 36.2 Å². The summed E-state index contributed by atoms with van der Waals surface area (Å²) in [5.41, 5.74) is 2.15. The van der Waals surface area contributed by atoms with Crippen LogP contribution < -0.4 is 10.2 Å². The van der Waals surface area contributed by atoms with Crippen LogP contribution in [0.3, 0.4) is 0 Å². The summed E-state index contributed by atoms with van der Waals surface area (Å²) in [5.74, 6) is -0.522. The molecule has 2 aromatic heterocycles. The number of pyridine rings is 1. The van der Waals surface area contributed by atoms with Gasteiger partial charge in [0.1, 0.15) is 11.3 Å². The minimum absolute atomic E-state index is 0.0167. The number of fused-ring (bicyclic) bond motifs is 1. The molecule has 1 saturated carbocycles. The third kappa shape index (κ3) is 3.47. The lowest BCUT2D eigenvalue weighted by molar-refractivity contribution is -0.127. The molecule has 2 fully saturated rings. The topological polar surface area (TPSA) is 78.1 Å². The van der Waals surface area contributed by atoms with Gasteiger partial charge in [-0.15, -0.1) is 0 Å². The maximum absolute atomic E-state index is 13.4. The largest absolute Gasteiger partial charge is 0.359 e. The minimum Gasteiger partial charge on any atom is -0.359 e. The van der Waals surface area contributed by atoms with Gasteiger partial charge in [0.05, 0.1) is 27.2 Å². The summed E-state index contributed by atoms with van der Waals surface area (Å²) in [6.07, 6.45) is 6.98. The molecule has 1 spiro atoms. The van der Waals surface area contributed by atoms with Crippen molar-refractivity contribution in [1.82, 2.24) is 15.3 Å². The highest BCUT2D eigenvalue weighted by molar-refractivity contribution is 6.34. The van der Waals surface area contributed by atoms with Crippen molar-refractivity contribution in [2.45, 2.75) is 38.1 Å². The summed E-state index contributed by atoms with van der Waals surface area (Å²) >= 11 is 6.18. The van der Waals surface area contributed by atoms with Gasteiger partial charge in [0, 0.05) is 25.0 Å². The normalized spacial score (nSPS) is 23.6. The molecular formula is C23H22ClFN4O2. The molecular weight excluding hydrogens is 419 g/mol. The Balaban J connectivity index is 1.25. The van der Waals surface area contributed by atoms with E-state index < -0.39 is 11.2 Å². The van der Waals surface area contributed by atoms with Crippen LogP contribution in [-0.2, 0) is 4.79 Å². The first-order chi connectivity index (χ1) is 15.0. The number of carbonyl (C=O) groups excluding carboxylic acids is 2. The molecule has 160 valence electrons. The minimum atomic E-state index is -0.429. The van der Waals surface area contributed by atoms with Gasteiger partial charge >= 0.3 is 0 Å². The highest BCUT2D eigenvalue weighted by Crippen LogP contribution is 2.47. The number of hydrogen-bond acceptors (Lipinski definition) is 3. The standard InChI is InChI=1S/C23H22ClFN4O2/c24-17-12-14(25)3-4-19(17)29-11-9-23(22(29)31)7-5-15(6-8-23)28-21(30)16-13-27-18-2-1-10-26-20(16)18/h1-4,10,12-13,15,27H,5-9,11H2,(H,28,30)/t15-,23-. The smallest absolute Gasteiger partial charge is 0.255 e. The zero-order chi connectivity index (χ0) is 21.6. The van der Waals surface area contributed by atoms with Crippen LogP contribution in [0.1, 0.15) is 42.5 Å². The number of benzene rings is 1. The fourth-order valence-corrected chi connectivity index (χ4v) is 5.19. The molecule has 1 aromatic carbocycles. The third-order valence-corrected chi connectivity index (χ3v) is 6.97. The molecule has 1 aliphatic carbocycles. The van der Waals surface area contributed by atoms with Crippen LogP contribution in [0, 0.1) is 11.2 Å². The zero-order valence-corrected chi connectivity index (χ0v) is 17.6. The van der Waals surface area contributed by atoms with E-state index in [-0.39, 0.29) is 22.9 Å². The van der Waals surface area contributed by atoms with E-state index in [0.717, 1.165) is 24.8 Å². The number of hydrogen-bond donors (Lipinski definition) is 2. The lowest BCUT2D eigenvalue weighted by atomic mass is 9.71. The van der Waals surface area contributed by atoms with Crippen molar-refractivity contribution in [1.29, 1.82) is 0 Å². The van der Waals surface area contributed by atoms with Crippen LogP contribution in [0.25, 0.3) is 11.0 Å². The molecule has 0 unspecified atom stereocenters. The van der Waals surface area contributed by atoms with E-state index in [1.807, 2.05) is 12.1 Å². The van der Waals surface area contributed by atoms with Crippen molar-refractivity contribution in [2.24, 2.45) is 5.41 Å². The van der Waals surface area contributed by atoms with Gasteiger partial charge in [-0.1, -0.05) is 11.6 Å². The van der Waals surface area contributed by atoms with Crippen molar-refractivity contribution >= 4 is 40.1 Å². The van der Waals surface area contributed by atoms with Crippen LogP contribution in [0.15, 0.2) is 42.7 Å². The van der Waals surface area contributed by atoms with Gasteiger partial charge in [-0.2, -0.15) is 0 Å². The number of nitrogens with zero attached hydrogens (tertiary/aromatic N) is 2. The highest BCUT2D eigenvalue weighted by Gasteiger charge is 2.49. The summed E-state index contributed by atoms with van der Waals surface area (Å²) < 4.78 is 13.4. The van der Waals surface area contributed by atoms with Gasteiger partial charge in [0.15, 0.2) is 0 Å². The monoisotopic (exact) mass is 440 g/mol. The molecule has 0 radical (unpaired) electrons. The number of amides is 2. The van der Waals surface area contributed by atoms with Gasteiger partial charge < -0.3 is 15.2 Å². The van der Waals surface area contributed by atoms with Crippen LogP contribution >= 0.6 is 11.6 Å². The summed E-state index contributed by atoms with van der Waals surface area (Å²) in [5, 5.41) is 3.36. The highest BCUT2D eigenvalue weighted by atomic mass is 35.5. The molecule has 31 heavy (non-hydrogen) atoms. The lowest BCUT2D eigenvalue weighted by Gasteiger charge is -2.36. The fourth-order valence-electron chi connectivity index (χ4n) is 4.92. The third-order valence-electron chi connectivity index (χ3n) is 6.67. The molecule has 8 heteroatoms. The Kier molecular flexibility index (Phi) is 4.93. The van der Waals surface area contributed by atoms with E-state index in [2.05, 4.69) is 15.3 Å². The average molecular weight is 441 g/mol. The maximum Gasteiger partial charge on any atom is 0.255 e. The first-order valence-electron chi connectivity index (χ1n) is 10.5. The summed E-state index contributed by atoms with van der Waals surface area (Å²) in [6, 6.07) is 7.85. The molecule has 1 saturated heterocycles. The number of nitrogens with one attached hydrogen (secondary N) is 2. The number of anilines is 1. The van der Waals surface area contributed by atoms with E-state index in [4.69, 9.17) is 11.6 Å². The second kappa shape index (κ2) is 7.64. The van der Waals surface area contributed by atoms with Crippen molar-refractivity contribution in [2.75, 3.05) is 11.4 Å². The Hall–Kier alpha value is -2.93. The van der Waals surface area contributed by atoms with Crippen LogP contribution in [-0.4, -0.2) is 34.4 Å². The van der Waals surface area contributed by atoms with Crippen molar-refractivity contribution in [3.63, 3.8) is 0 Å². The maximum atomic E-state index is 13.4. The van der Waals surface area contributed by atoms with E-state index in [1.165, 1.54) is 12.1 Å². The zero-order valence-electron chi connectivity index (χ0n) is 16.8. The Morgan fingerprint density at radius 2 is 2.06 bits per heavy atom. The Morgan fingerprint density at radius 3 is 2.84 bits per heavy atom. The molecule has 0 atom stereocenters. The summed E-state index contributed by atoms with van der Waals surface area (Å²) in [4.78, 5) is 35.1. The Morgan fingerprint density at radius 1 is 1.26 bits per heavy atom. The number of rotatable bonds is 3. The van der Waals surface area contributed by atoms with Crippen molar-refractivity contribution in [3.8, 4) is 0 Å². The predicted molar refractivity (Wildman–Crippen MR) is 117 cm³/mol. The van der Waals surface area contributed by atoms with Crippen molar-refractivity contribution in [3.05, 3.63) is 59.1 Å². The first-order valence-corrected chi connectivity index (χ1v) is 10.8. The van der Waals surface area contributed by atoms with Crippen LogP contribution in [0.2, 0.25) is 5.02 Å². The first kappa shape index (κ1) is 20.0. The number of H-pyrrole nitrogens is 1. The Bertz CT molecular complexity index is 1170. The molecule has 2 amide bonds. The van der Waals surface area contributed by atoms with Gasteiger partial charge in [0.25, 0.3) is 5.91 Å². The van der Waals surface area contributed by atoms with Crippen LogP contribution in [0.4, 0.5) is 10.1 Å². The van der Waals surface area contributed by atoms with E-state index >= 15 is 0 Å². The van der Waals surface area contributed by atoms with Gasteiger partial charge in [-0.05, 0) is 62.4 Å². The van der Waals surface area contributed by atoms with Crippen LogP contribution in [0.5, 0.6) is 0 Å². The molecule has 2 N–H and O–H groups in total. The van der Waals surface area contributed by atoms with Gasteiger partial charge in [-0.25, -0.2) is 4.39 Å². The summed E-state index contributed by atoms with van der Waals surface area (Å²) in [7, 11) is 0. The molecule has 6 nitrogen and oxygen atoms in total. The molecule has 1 aliphatic heterocycles. The van der Waals surface area contributed by atoms with E-state index in [9.17, 15) is 14.0 Å². The predicted octanol–water partition coefficient (Wildman–Crippen LogP) is 4.45. The quantitative estimate of drug-likeness (QED) is 0.631. The molecule has 3 aromatic rings.